The molecule has 3 aromatic carbocycles. The number of para-hydroxylation sites is 1. The Morgan fingerprint density at radius 3 is 2.37 bits per heavy atom. The highest BCUT2D eigenvalue weighted by atomic mass is 16.7. The highest BCUT2D eigenvalue weighted by Crippen LogP contribution is 2.35. The van der Waals surface area contributed by atoms with Gasteiger partial charge in [0, 0.05) is 11.8 Å². The average Bonchev–Trinajstić information content (AvgIpc) is 3.48. The smallest absolute Gasteiger partial charge is 0.323 e. The van der Waals surface area contributed by atoms with Crippen molar-refractivity contribution in [2.45, 2.75) is 45.7 Å². The van der Waals surface area contributed by atoms with E-state index >= 15 is 0 Å². The number of carboxylic acid groups (broad SMARTS) is 1. The summed E-state index contributed by atoms with van der Waals surface area (Å²) in [5, 5.41) is 20.5. The predicted molar refractivity (Wildman–Crippen MR) is 169 cm³/mol. The Labute approximate surface area is 266 Å². The molecular formula is C33H38N4O9. The van der Waals surface area contributed by atoms with E-state index in [1.54, 1.807) is 36.4 Å². The number of carbonyl (C=O) groups excluding carboxylic acids is 3. The van der Waals surface area contributed by atoms with E-state index in [0.29, 0.717) is 46.4 Å². The quantitative estimate of drug-likeness (QED) is 0.170. The Bertz CT molecular complexity index is 1580. The lowest BCUT2D eigenvalue weighted by Crippen LogP contribution is -2.49. The second kappa shape index (κ2) is 15.5. The molecule has 244 valence electrons. The second-order valence-electron chi connectivity index (χ2n) is 11.1. The Hall–Kier alpha value is -5.46. The van der Waals surface area contributed by atoms with Gasteiger partial charge in [-0.25, -0.2) is 4.79 Å². The number of ether oxygens (including phenoxy) is 4. The van der Waals surface area contributed by atoms with Gasteiger partial charge in [0.15, 0.2) is 18.1 Å². The Morgan fingerprint density at radius 2 is 1.65 bits per heavy atom. The van der Waals surface area contributed by atoms with E-state index in [-0.39, 0.29) is 19.1 Å². The summed E-state index contributed by atoms with van der Waals surface area (Å²) in [6.45, 7) is 5.33. The van der Waals surface area contributed by atoms with Crippen molar-refractivity contribution in [1.29, 1.82) is 0 Å². The number of carbonyl (C=O) groups is 4. The fourth-order valence-corrected chi connectivity index (χ4v) is 4.77. The Morgan fingerprint density at radius 1 is 0.913 bits per heavy atom. The van der Waals surface area contributed by atoms with E-state index in [2.05, 4.69) is 21.3 Å². The zero-order valence-electron chi connectivity index (χ0n) is 26.0. The van der Waals surface area contributed by atoms with Crippen molar-refractivity contribution < 1.29 is 43.2 Å². The van der Waals surface area contributed by atoms with Crippen molar-refractivity contribution in [2.75, 3.05) is 31.1 Å². The van der Waals surface area contributed by atoms with Crippen molar-refractivity contribution in [2.24, 2.45) is 5.92 Å². The van der Waals surface area contributed by atoms with Crippen LogP contribution in [0.15, 0.2) is 60.7 Å². The highest BCUT2D eigenvalue weighted by Gasteiger charge is 2.27. The molecule has 0 aromatic heterocycles. The Kier molecular flexibility index (Phi) is 11.3. The topological polar surface area (TPSA) is 174 Å². The summed E-state index contributed by atoms with van der Waals surface area (Å²) in [4.78, 5) is 50.4. The number of methoxy groups -OCH3 is 1. The standard InChI is InChI=1S/C33H38N4O9/c1-19(2)13-26(32(41)35-25(16-31(39)40)21-9-12-27-29(14-21)46-18-45-27)34-30(38)17-44-22-10-11-24(28(15-22)43-4)37-33(42)36-23-8-6-5-7-20(23)3/h5-12,14-15,19,25-26H,13,16-18H2,1-4H3,(H,34,38)(H,35,41)(H,39,40)(H2,36,37,42)/t25?,26-/m1/s1. The molecule has 2 atom stereocenters. The average molecular weight is 635 g/mol. The largest absolute Gasteiger partial charge is 0.494 e. The first-order valence-corrected chi connectivity index (χ1v) is 14.7. The number of benzene rings is 3. The molecule has 0 bridgehead atoms. The van der Waals surface area contributed by atoms with Crippen LogP contribution in [-0.4, -0.2) is 55.5 Å². The number of anilines is 2. The van der Waals surface area contributed by atoms with Crippen LogP contribution in [0.1, 0.15) is 43.9 Å². The molecule has 0 spiro atoms. The number of aliphatic carboxylic acids is 1. The van der Waals surface area contributed by atoms with Crippen LogP contribution >= 0.6 is 0 Å². The van der Waals surface area contributed by atoms with Crippen molar-refractivity contribution in [3.05, 3.63) is 71.8 Å². The molecule has 4 amide bonds. The third-order valence-corrected chi connectivity index (χ3v) is 7.04. The van der Waals surface area contributed by atoms with Gasteiger partial charge in [0.05, 0.1) is 25.3 Å². The first-order chi connectivity index (χ1) is 22.0. The van der Waals surface area contributed by atoms with Crippen LogP contribution in [0, 0.1) is 12.8 Å². The molecule has 1 unspecified atom stereocenters. The maximum absolute atomic E-state index is 13.4. The second-order valence-corrected chi connectivity index (χ2v) is 11.1. The maximum Gasteiger partial charge on any atom is 0.323 e. The van der Waals surface area contributed by atoms with Crippen LogP contribution in [-0.2, 0) is 14.4 Å². The summed E-state index contributed by atoms with van der Waals surface area (Å²) in [5.74, 6) is -0.575. The number of fused-ring (bicyclic) bond motifs is 1. The lowest BCUT2D eigenvalue weighted by atomic mass is 10.00. The summed E-state index contributed by atoms with van der Waals surface area (Å²) >= 11 is 0. The summed E-state index contributed by atoms with van der Waals surface area (Å²) in [5.41, 5.74) is 2.49. The third-order valence-electron chi connectivity index (χ3n) is 7.04. The van der Waals surface area contributed by atoms with Gasteiger partial charge in [-0.15, -0.1) is 0 Å². The number of amides is 4. The molecule has 5 N–H and O–H groups in total. The maximum atomic E-state index is 13.4. The van der Waals surface area contributed by atoms with Crippen molar-refractivity contribution in [3.63, 3.8) is 0 Å². The zero-order chi connectivity index (χ0) is 33.2. The number of nitrogens with one attached hydrogen (secondary N) is 4. The third kappa shape index (κ3) is 9.27. The van der Waals surface area contributed by atoms with Gasteiger partial charge in [0.1, 0.15) is 17.5 Å². The molecule has 0 saturated carbocycles. The molecule has 0 saturated heterocycles. The van der Waals surface area contributed by atoms with Crippen molar-refractivity contribution in [3.8, 4) is 23.0 Å². The van der Waals surface area contributed by atoms with Crippen molar-refractivity contribution in [1.82, 2.24) is 10.6 Å². The van der Waals surface area contributed by atoms with E-state index in [1.807, 2.05) is 39.0 Å². The minimum absolute atomic E-state index is 0.0350. The van der Waals surface area contributed by atoms with Crippen molar-refractivity contribution >= 4 is 35.2 Å². The lowest BCUT2D eigenvalue weighted by Gasteiger charge is -2.24. The molecule has 3 aromatic rings. The number of rotatable bonds is 14. The van der Waals surface area contributed by atoms with E-state index in [4.69, 9.17) is 18.9 Å². The van der Waals surface area contributed by atoms with Gasteiger partial charge < -0.3 is 45.3 Å². The number of hydrogen-bond donors (Lipinski definition) is 5. The molecule has 13 heteroatoms. The molecule has 4 rings (SSSR count). The zero-order valence-corrected chi connectivity index (χ0v) is 26.0. The van der Waals surface area contributed by atoms with Gasteiger partial charge in [-0.3, -0.25) is 14.4 Å². The van der Waals surface area contributed by atoms with E-state index in [9.17, 15) is 24.3 Å². The van der Waals surface area contributed by atoms with E-state index in [0.717, 1.165) is 5.56 Å². The normalized spacial score (nSPS) is 12.9. The molecule has 1 aliphatic heterocycles. The predicted octanol–water partition coefficient (Wildman–Crippen LogP) is 4.62. The molecule has 0 aliphatic carbocycles. The van der Waals surface area contributed by atoms with Gasteiger partial charge in [0.2, 0.25) is 12.7 Å². The van der Waals surface area contributed by atoms with Gasteiger partial charge in [0.25, 0.3) is 5.91 Å². The first kappa shape index (κ1) is 33.4. The van der Waals surface area contributed by atoms with Gasteiger partial charge in [-0.1, -0.05) is 38.1 Å². The molecule has 0 fully saturated rings. The summed E-state index contributed by atoms with van der Waals surface area (Å²) < 4.78 is 21.8. The first-order valence-electron chi connectivity index (χ1n) is 14.7. The summed E-state index contributed by atoms with van der Waals surface area (Å²) in [6, 6.07) is 14.7. The van der Waals surface area contributed by atoms with E-state index in [1.165, 1.54) is 13.2 Å². The molecule has 1 aliphatic rings. The van der Waals surface area contributed by atoms with E-state index < -0.39 is 42.5 Å². The van der Waals surface area contributed by atoms with Gasteiger partial charge in [-0.05, 0) is 60.7 Å². The van der Waals surface area contributed by atoms with Crippen LogP contribution in [0.4, 0.5) is 16.2 Å². The highest BCUT2D eigenvalue weighted by molar-refractivity contribution is 6.01. The van der Waals surface area contributed by atoms with Crippen LogP contribution in [0.2, 0.25) is 0 Å². The van der Waals surface area contributed by atoms with Crippen LogP contribution in [0.5, 0.6) is 23.0 Å². The SMILES string of the molecule is COc1cc(OCC(=O)N[C@H](CC(C)C)C(=O)NC(CC(=O)O)c2ccc3c(c2)OCO3)ccc1NC(=O)Nc1ccccc1C. The Balaban J connectivity index is 1.36. The molecular weight excluding hydrogens is 596 g/mol. The fourth-order valence-electron chi connectivity index (χ4n) is 4.77. The number of hydrogen-bond acceptors (Lipinski definition) is 8. The fraction of sp³-hybridized carbons (Fsp3) is 0.333. The van der Waals surface area contributed by atoms with Crippen LogP contribution in [0.25, 0.3) is 0 Å². The lowest BCUT2D eigenvalue weighted by molar-refractivity contribution is -0.138. The minimum atomic E-state index is -1.11. The summed E-state index contributed by atoms with van der Waals surface area (Å²) in [6.07, 6.45) is -0.0751. The molecule has 1 heterocycles. The summed E-state index contributed by atoms with van der Waals surface area (Å²) in [7, 11) is 1.44. The molecule has 13 nitrogen and oxygen atoms in total. The van der Waals surface area contributed by atoms with Gasteiger partial charge >= 0.3 is 12.0 Å². The molecule has 0 radical (unpaired) electrons. The number of carboxylic acids is 1. The molecule has 46 heavy (non-hydrogen) atoms. The monoisotopic (exact) mass is 634 g/mol. The van der Waals surface area contributed by atoms with Gasteiger partial charge in [-0.2, -0.15) is 0 Å². The number of urea groups is 1. The number of aryl methyl sites for hydroxylation is 1. The van der Waals surface area contributed by atoms with Crippen LogP contribution in [0.3, 0.4) is 0 Å². The van der Waals surface area contributed by atoms with Crippen LogP contribution < -0.4 is 40.2 Å². The minimum Gasteiger partial charge on any atom is -0.494 e.